The van der Waals surface area contributed by atoms with E-state index >= 15 is 0 Å². The van der Waals surface area contributed by atoms with E-state index in [4.69, 9.17) is 10.2 Å². The lowest BCUT2D eigenvalue weighted by atomic mass is 10.0. The summed E-state index contributed by atoms with van der Waals surface area (Å²) in [5.41, 5.74) is -0.728. The Kier molecular flexibility index (Phi) is 16.9. The molecule has 2 N–H and O–H groups in total. The van der Waals surface area contributed by atoms with Gasteiger partial charge in [0.25, 0.3) is 0 Å². The summed E-state index contributed by atoms with van der Waals surface area (Å²) < 4.78 is 0. The molecule has 86 valence electrons. The van der Waals surface area contributed by atoms with Crippen LogP contribution in [0.2, 0.25) is 0 Å². The molecule has 1 atom stereocenters. The molecule has 0 radical (unpaired) electrons. The molecule has 0 aliphatic heterocycles. The van der Waals surface area contributed by atoms with Crippen LogP contribution >= 0.6 is 0 Å². The zero-order chi connectivity index (χ0) is 12.2. The molecule has 0 spiro atoms. The Balaban J connectivity index is -0.000000168. The standard InChI is InChI=1S/C6H14O2.2C3H6/c1-5(7)4-6(2,3)8;2*1-3-2/h5,7-8H,4H2,1-3H3;2*3H,1H2,2H3. The molecular weight excluding hydrogens is 176 g/mol. The molecule has 0 amide bonds. The molecule has 0 bridgehead atoms. The Morgan fingerprint density at radius 2 is 1.43 bits per heavy atom. The second-order valence-corrected chi connectivity index (χ2v) is 3.68. The van der Waals surface area contributed by atoms with Crippen molar-refractivity contribution in [3.63, 3.8) is 0 Å². The summed E-state index contributed by atoms with van der Waals surface area (Å²) >= 11 is 0. The highest BCUT2D eigenvalue weighted by molar-refractivity contribution is 4.67. The van der Waals surface area contributed by atoms with Gasteiger partial charge in [-0.25, -0.2) is 0 Å². The van der Waals surface area contributed by atoms with E-state index < -0.39 is 11.7 Å². The summed E-state index contributed by atoms with van der Waals surface area (Å²) in [6.45, 7) is 15.5. The molecule has 0 heterocycles. The van der Waals surface area contributed by atoms with Crippen molar-refractivity contribution >= 4 is 0 Å². The lowest BCUT2D eigenvalue weighted by Crippen LogP contribution is -2.24. The maximum Gasteiger partial charge on any atom is 0.0616 e. The van der Waals surface area contributed by atoms with E-state index in [1.54, 1.807) is 32.9 Å². The third kappa shape index (κ3) is 63.7. The lowest BCUT2D eigenvalue weighted by Gasteiger charge is -2.17. The van der Waals surface area contributed by atoms with Crippen LogP contribution in [-0.4, -0.2) is 21.9 Å². The fourth-order valence-corrected chi connectivity index (χ4v) is 0.723. The van der Waals surface area contributed by atoms with Crippen LogP contribution in [0.3, 0.4) is 0 Å². The normalized spacial score (nSPS) is 11.1. The van der Waals surface area contributed by atoms with Gasteiger partial charge in [0, 0.05) is 6.42 Å². The van der Waals surface area contributed by atoms with Crippen molar-refractivity contribution in [1.29, 1.82) is 0 Å². The van der Waals surface area contributed by atoms with Crippen LogP contribution in [0.15, 0.2) is 25.3 Å². The van der Waals surface area contributed by atoms with Gasteiger partial charge >= 0.3 is 0 Å². The van der Waals surface area contributed by atoms with Gasteiger partial charge in [-0.3, -0.25) is 0 Å². The minimum atomic E-state index is -0.728. The van der Waals surface area contributed by atoms with Crippen molar-refractivity contribution < 1.29 is 10.2 Å². The number of allylic oxidation sites excluding steroid dienone is 2. The molecule has 0 aromatic rings. The van der Waals surface area contributed by atoms with Crippen molar-refractivity contribution in [3.05, 3.63) is 25.3 Å². The third-order valence-electron chi connectivity index (χ3n) is 0.795. The maximum atomic E-state index is 9.03. The Bertz CT molecular complexity index is 115. The van der Waals surface area contributed by atoms with Gasteiger partial charge in [-0.15, -0.1) is 13.2 Å². The Morgan fingerprint density at radius 3 is 1.43 bits per heavy atom. The fraction of sp³-hybridized carbons (Fsp3) is 0.667. The molecule has 1 unspecified atom stereocenters. The molecule has 2 nitrogen and oxygen atoms in total. The van der Waals surface area contributed by atoms with Crippen molar-refractivity contribution in [2.24, 2.45) is 0 Å². The predicted molar refractivity (Wildman–Crippen MR) is 64.3 cm³/mol. The highest BCUT2D eigenvalue weighted by atomic mass is 16.3. The van der Waals surface area contributed by atoms with Crippen LogP contribution in [0.25, 0.3) is 0 Å². The number of aliphatic hydroxyl groups is 2. The van der Waals surface area contributed by atoms with Gasteiger partial charge in [0.05, 0.1) is 11.7 Å². The fourth-order valence-electron chi connectivity index (χ4n) is 0.723. The molecule has 0 aromatic heterocycles. The minimum absolute atomic E-state index is 0.407. The molecule has 0 rings (SSSR count). The summed E-state index contributed by atoms with van der Waals surface area (Å²) in [6, 6.07) is 0. The highest BCUT2D eigenvalue weighted by Crippen LogP contribution is 2.09. The molecule has 0 aliphatic rings. The van der Waals surface area contributed by atoms with E-state index in [0.29, 0.717) is 6.42 Å². The quantitative estimate of drug-likeness (QED) is 0.676. The lowest BCUT2D eigenvalue weighted by molar-refractivity contribution is 0.0249. The van der Waals surface area contributed by atoms with Crippen LogP contribution in [-0.2, 0) is 0 Å². The van der Waals surface area contributed by atoms with Crippen LogP contribution in [0, 0.1) is 0 Å². The Morgan fingerprint density at radius 1 is 1.21 bits per heavy atom. The van der Waals surface area contributed by atoms with Gasteiger partial charge in [-0.2, -0.15) is 0 Å². The van der Waals surface area contributed by atoms with Gasteiger partial charge in [-0.1, -0.05) is 12.2 Å². The van der Waals surface area contributed by atoms with E-state index in [1.165, 1.54) is 0 Å². The van der Waals surface area contributed by atoms with E-state index in [-0.39, 0.29) is 0 Å². The first-order valence-electron chi connectivity index (χ1n) is 4.79. The largest absolute Gasteiger partial charge is 0.393 e. The second-order valence-electron chi connectivity index (χ2n) is 3.68. The summed E-state index contributed by atoms with van der Waals surface area (Å²) in [5, 5.41) is 17.8. The molecule has 0 saturated heterocycles. The van der Waals surface area contributed by atoms with E-state index in [1.807, 2.05) is 13.8 Å². The predicted octanol–water partition coefficient (Wildman–Crippen LogP) is 2.91. The average molecular weight is 202 g/mol. The van der Waals surface area contributed by atoms with Crippen molar-refractivity contribution in [3.8, 4) is 0 Å². The molecular formula is C12H26O2. The SMILES string of the molecule is C=CC.C=CC.CC(O)CC(C)(C)O. The van der Waals surface area contributed by atoms with E-state index in [9.17, 15) is 0 Å². The number of hydrogen-bond donors (Lipinski definition) is 2. The average Bonchev–Trinajstić information content (AvgIpc) is 1.83. The van der Waals surface area contributed by atoms with Gasteiger partial charge < -0.3 is 10.2 Å². The Hall–Kier alpha value is -0.600. The van der Waals surface area contributed by atoms with Gasteiger partial charge in [0.15, 0.2) is 0 Å². The highest BCUT2D eigenvalue weighted by Gasteiger charge is 2.14. The van der Waals surface area contributed by atoms with Crippen molar-refractivity contribution in [1.82, 2.24) is 0 Å². The zero-order valence-corrected chi connectivity index (χ0v) is 10.2. The van der Waals surface area contributed by atoms with E-state index in [0.717, 1.165) is 0 Å². The molecule has 2 heteroatoms. The number of hydrogen-bond acceptors (Lipinski definition) is 2. The second kappa shape index (κ2) is 12.4. The molecule has 0 fully saturated rings. The minimum Gasteiger partial charge on any atom is -0.393 e. The topological polar surface area (TPSA) is 40.5 Å². The summed E-state index contributed by atoms with van der Waals surface area (Å²) in [6.07, 6.45) is 3.53. The van der Waals surface area contributed by atoms with Crippen LogP contribution < -0.4 is 0 Å². The smallest absolute Gasteiger partial charge is 0.0616 e. The van der Waals surface area contributed by atoms with Crippen LogP contribution in [0.1, 0.15) is 41.0 Å². The van der Waals surface area contributed by atoms with Gasteiger partial charge in [0.2, 0.25) is 0 Å². The first-order chi connectivity index (χ1) is 6.24. The van der Waals surface area contributed by atoms with Crippen molar-refractivity contribution in [2.45, 2.75) is 52.7 Å². The summed E-state index contributed by atoms with van der Waals surface area (Å²) in [4.78, 5) is 0. The van der Waals surface area contributed by atoms with Crippen LogP contribution in [0.5, 0.6) is 0 Å². The van der Waals surface area contributed by atoms with E-state index in [2.05, 4.69) is 13.2 Å². The van der Waals surface area contributed by atoms with Crippen LogP contribution in [0.4, 0.5) is 0 Å². The molecule has 0 aliphatic carbocycles. The first kappa shape index (κ1) is 19.0. The summed E-state index contributed by atoms with van der Waals surface area (Å²) in [5.74, 6) is 0. The summed E-state index contributed by atoms with van der Waals surface area (Å²) in [7, 11) is 0. The van der Waals surface area contributed by atoms with Gasteiger partial charge in [0.1, 0.15) is 0 Å². The molecule has 14 heavy (non-hydrogen) atoms. The zero-order valence-electron chi connectivity index (χ0n) is 10.2. The monoisotopic (exact) mass is 202 g/mol. The third-order valence-corrected chi connectivity index (χ3v) is 0.795. The first-order valence-corrected chi connectivity index (χ1v) is 4.79. The van der Waals surface area contributed by atoms with Gasteiger partial charge in [-0.05, 0) is 34.6 Å². The van der Waals surface area contributed by atoms with Crippen molar-refractivity contribution in [2.75, 3.05) is 0 Å². The number of rotatable bonds is 2. The molecule has 0 aromatic carbocycles. The Labute approximate surface area is 89.0 Å². The maximum absolute atomic E-state index is 9.03. The number of aliphatic hydroxyl groups excluding tert-OH is 1. The molecule has 0 saturated carbocycles.